The van der Waals surface area contributed by atoms with Crippen LogP contribution in [0.1, 0.15) is 77.8 Å². The van der Waals surface area contributed by atoms with Gasteiger partial charge in [-0.3, -0.25) is 4.90 Å². The lowest BCUT2D eigenvalue weighted by Crippen LogP contribution is -2.49. The van der Waals surface area contributed by atoms with Crippen LogP contribution < -0.4 is 5.32 Å². The van der Waals surface area contributed by atoms with Crippen LogP contribution in [0.25, 0.3) is 33.5 Å². The van der Waals surface area contributed by atoms with Gasteiger partial charge in [-0.1, -0.05) is 38.1 Å². The molecule has 2 aromatic carbocycles. The molecule has 0 radical (unpaired) electrons. The number of amides is 3. The lowest BCUT2D eigenvalue weighted by atomic mass is 9.71. The fourth-order valence-corrected chi connectivity index (χ4v) is 8.64. The number of anilines is 1. The first kappa shape index (κ1) is 38.7. The molecular weight excluding hydrogens is 698 g/mol. The number of H-pyrrole nitrogens is 1. The molecule has 12 heteroatoms. The maximum absolute atomic E-state index is 15.2. The molecule has 2 unspecified atom stereocenters. The van der Waals surface area contributed by atoms with Gasteiger partial charge in [0.1, 0.15) is 23.4 Å². The first-order chi connectivity index (χ1) is 26.1. The number of carbonyl (C=O) groups is 2. The fraction of sp³-hybridized carbons (Fsp3) is 0.535. The van der Waals surface area contributed by atoms with Crippen LogP contribution in [-0.2, 0) is 11.3 Å². The summed E-state index contributed by atoms with van der Waals surface area (Å²) in [6.07, 6.45) is 5.89. The van der Waals surface area contributed by atoms with Crippen molar-refractivity contribution in [3.8, 4) is 22.5 Å². The predicted octanol–water partition coefficient (Wildman–Crippen LogP) is 8.22. The van der Waals surface area contributed by atoms with E-state index in [-0.39, 0.29) is 24.6 Å². The number of benzene rings is 2. The number of hydrogen-bond acceptors (Lipinski definition) is 7. The molecule has 0 aliphatic carbocycles. The molecule has 2 atom stereocenters. The number of aliphatic hydroxyl groups is 1. The molecule has 7 rings (SSSR count). The van der Waals surface area contributed by atoms with Gasteiger partial charge in [0, 0.05) is 61.0 Å². The van der Waals surface area contributed by atoms with E-state index < -0.39 is 17.5 Å². The SMILES string of the molecule is Cc1c(NC(=O)N2CC(O)C(CC(C)C)C2)cc(F)cc1-c1ncnc2[nH]c(-c3ccc(CN4CCC5(CC4)CCN(C(=O)OC(C)(C)C)CC5)cc3)cc12. The van der Waals surface area contributed by atoms with Crippen LogP contribution in [0.5, 0.6) is 0 Å². The molecule has 3 amide bonds. The highest BCUT2D eigenvalue weighted by atomic mass is 19.1. The fourth-order valence-electron chi connectivity index (χ4n) is 8.64. The molecule has 3 saturated heterocycles. The third-order valence-corrected chi connectivity index (χ3v) is 11.8. The van der Waals surface area contributed by atoms with Gasteiger partial charge >= 0.3 is 12.1 Å². The summed E-state index contributed by atoms with van der Waals surface area (Å²) >= 11 is 0. The average molecular weight is 754 g/mol. The van der Waals surface area contributed by atoms with E-state index in [1.165, 1.54) is 24.0 Å². The van der Waals surface area contributed by atoms with Gasteiger partial charge in [-0.15, -0.1) is 0 Å². The van der Waals surface area contributed by atoms with E-state index >= 15 is 4.39 Å². The number of nitrogens with one attached hydrogen (secondary N) is 2. The first-order valence-electron chi connectivity index (χ1n) is 19.8. The van der Waals surface area contributed by atoms with Gasteiger partial charge in [0.25, 0.3) is 0 Å². The highest BCUT2D eigenvalue weighted by molar-refractivity contribution is 5.97. The lowest BCUT2D eigenvalue weighted by molar-refractivity contribution is -0.00312. The van der Waals surface area contributed by atoms with Crippen LogP contribution in [0.2, 0.25) is 0 Å². The zero-order valence-electron chi connectivity index (χ0n) is 33.1. The Hall–Kier alpha value is -4.55. The molecular formula is C43H56FN7O4. The number of β-amino-alcohol motifs (C(OH)–C–C–N with tert-alkyl or cyclic N) is 1. The molecule has 3 N–H and O–H groups in total. The number of rotatable bonds is 7. The van der Waals surface area contributed by atoms with Crippen LogP contribution in [0.4, 0.5) is 19.7 Å². The topological polar surface area (TPSA) is 127 Å². The summed E-state index contributed by atoms with van der Waals surface area (Å²) in [6.45, 7) is 17.0. The number of nitrogens with zero attached hydrogens (tertiary/aromatic N) is 5. The van der Waals surface area contributed by atoms with E-state index in [0.717, 1.165) is 81.5 Å². The molecule has 0 bridgehead atoms. The van der Waals surface area contributed by atoms with Crippen molar-refractivity contribution in [2.45, 2.75) is 91.9 Å². The normalized spacial score (nSPS) is 20.5. The molecule has 1 spiro atoms. The van der Waals surface area contributed by atoms with Gasteiger partial charge in [-0.2, -0.15) is 0 Å². The summed E-state index contributed by atoms with van der Waals surface area (Å²) < 4.78 is 20.8. The molecule has 3 aliphatic heterocycles. The summed E-state index contributed by atoms with van der Waals surface area (Å²) in [5, 5.41) is 14.2. The number of carbonyl (C=O) groups excluding carboxylic acids is 2. The van der Waals surface area contributed by atoms with E-state index in [0.29, 0.717) is 46.0 Å². The Morgan fingerprint density at radius 1 is 1.00 bits per heavy atom. The summed E-state index contributed by atoms with van der Waals surface area (Å²) in [5.41, 5.74) is 5.82. The van der Waals surface area contributed by atoms with Gasteiger partial charge in [0.05, 0.1) is 11.8 Å². The Bertz CT molecular complexity index is 2010. The van der Waals surface area contributed by atoms with Crippen molar-refractivity contribution < 1.29 is 23.8 Å². The minimum absolute atomic E-state index is 0.0232. The number of aromatic nitrogens is 3. The number of aromatic amines is 1. The van der Waals surface area contributed by atoms with Crippen LogP contribution in [0, 0.1) is 30.0 Å². The quantitative estimate of drug-likeness (QED) is 0.174. The Balaban J connectivity index is 0.991. The molecule has 5 heterocycles. The Kier molecular flexibility index (Phi) is 10.9. The molecule has 4 aromatic rings. The largest absolute Gasteiger partial charge is 0.444 e. The van der Waals surface area contributed by atoms with Gasteiger partial charge in [-0.25, -0.2) is 23.9 Å². The second kappa shape index (κ2) is 15.5. The number of hydrogen-bond donors (Lipinski definition) is 3. The third-order valence-electron chi connectivity index (χ3n) is 11.8. The zero-order chi connectivity index (χ0) is 39.1. The number of fused-ring (bicyclic) bond motifs is 1. The highest BCUT2D eigenvalue weighted by Gasteiger charge is 2.39. The Labute approximate surface area is 323 Å². The van der Waals surface area contributed by atoms with E-state index in [4.69, 9.17) is 4.74 Å². The van der Waals surface area contributed by atoms with Crippen LogP contribution in [0.15, 0.2) is 48.8 Å². The molecule has 3 aliphatic rings. The predicted molar refractivity (Wildman–Crippen MR) is 213 cm³/mol. The minimum Gasteiger partial charge on any atom is -0.444 e. The summed E-state index contributed by atoms with van der Waals surface area (Å²) in [5.74, 6) is -0.0477. The zero-order valence-corrected chi connectivity index (χ0v) is 33.1. The van der Waals surface area contributed by atoms with E-state index in [2.05, 4.69) is 63.3 Å². The van der Waals surface area contributed by atoms with Crippen molar-refractivity contribution in [1.29, 1.82) is 0 Å². The number of ether oxygens (including phenoxy) is 1. The highest BCUT2D eigenvalue weighted by Crippen LogP contribution is 2.42. The Morgan fingerprint density at radius 2 is 1.69 bits per heavy atom. The van der Waals surface area contributed by atoms with E-state index in [1.807, 2.05) is 38.7 Å². The van der Waals surface area contributed by atoms with Crippen molar-refractivity contribution in [3.63, 3.8) is 0 Å². The maximum atomic E-state index is 15.2. The number of likely N-dealkylation sites (tertiary alicyclic amines) is 3. The van der Waals surface area contributed by atoms with Gasteiger partial charge in [-0.05, 0) is 119 Å². The smallest absolute Gasteiger partial charge is 0.410 e. The number of halogens is 1. The first-order valence-corrected chi connectivity index (χ1v) is 19.8. The number of piperidine rings is 2. The van der Waals surface area contributed by atoms with Crippen molar-refractivity contribution >= 4 is 28.8 Å². The summed E-state index contributed by atoms with van der Waals surface area (Å²) in [4.78, 5) is 44.3. The monoisotopic (exact) mass is 753 g/mol. The second-order valence-electron chi connectivity index (χ2n) is 17.5. The van der Waals surface area contributed by atoms with Crippen LogP contribution in [0.3, 0.4) is 0 Å². The van der Waals surface area contributed by atoms with Gasteiger partial charge in [0.2, 0.25) is 0 Å². The van der Waals surface area contributed by atoms with Gasteiger partial charge < -0.3 is 29.9 Å². The lowest BCUT2D eigenvalue weighted by Gasteiger charge is -2.46. The molecule has 294 valence electrons. The van der Waals surface area contributed by atoms with Crippen molar-refractivity contribution in [2.24, 2.45) is 17.3 Å². The van der Waals surface area contributed by atoms with Gasteiger partial charge in [0.15, 0.2) is 0 Å². The molecule has 2 aromatic heterocycles. The second-order valence-corrected chi connectivity index (χ2v) is 17.5. The number of aliphatic hydroxyl groups excluding tert-OH is 1. The summed E-state index contributed by atoms with van der Waals surface area (Å²) in [6, 6.07) is 13.0. The van der Waals surface area contributed by atoms with E-state index in [9.17, 15) is 14.7 Å². The molecule has 55 heavy (non-hydrogen) atoms. The van der Waals surface area contributed by atoms with Crippen molar-refractivity contribution in [2.75, 3.05) is 44.6 Å². The molecule has 3 fully saturated rings. The standard InChI is InChI=1S/C43H56FN7O4/c1-27(2)19-31-24-51(25-37(31)52)40(53)48-35-21-32(44)20-33(28(35)3)38-34-22-36(47-39(34)46-26-45-38)30-9-7-29(8-10-30)23-49-15-11-43(12-16-49)13-17-50(18-14-43)41(54)55-42(4,5)6/h7-10,20-22,26-27,31,37,52H,11-19,23-25H2,1-6H3,(H,48,53)(H,45,46,47). The van der Waals surface area contributed by atoms with Crippen molar-refractivity contribution in [1.82, 2.24) is 29.7 Å². The Morgan fingerprint density at radius 3 is 2.36 bits per heavy atom. The minimum atomic E-state index is -0.572. The number of urea groups is 1. The maximum Gasteiger partial charge on any atom is 0.410 e. The van der Waals surface area contributed by atoms with Crippen LogP contribution in [-0.4, -0.2) is 97.9 Å². The van der Waals surface area contributed by atoms with Crippen LogP contribution >= 0.6 is 0 Å². The summed E-state index contributed by atoms with van der Waals surface area (Å²) in [7, 11) is 0. The average Bonchev–Trinajstić information content (AvgIpc) is 3.74. The van der Waals surface area contributed by atoms with Crippen molar-refractivity contribution in [3.05, 3.63) is 65.7 Å². The molecule has 0 saturated carbocycles. The molecule has 11 nitrogen and oxygen atoms in total. The van der Waals surface area contributed by atoms with E-state index in [1.54, 1.807) is 4.90 Å². The third kappa shape index (κ3) is 8.80.